The molecule has 9 heteroatoms. The van der Waals surface area contributed by atoms with Crippen LogP contribution in [-0.4, -0.2) is 131 Å². The van der Waals surface area contributed by atoms with Crippen LogP contribution in [0.2, 0.25) is 0 Å². The molecule has 0 aromatic heterocycles. The van der Waals surface area contributed by atoms with E-state index in [1.165, 1.54) is 0 Å². The molecule has 13 heavy (non-hydrogen) atoms. The van der Waals surface area contributed by atoms with Crippen molar-refractivity contribution < 1.29 is 35.5 Å². The second-order valence-electron chi connectivity index (χ2n) is 1.57. The van der Waals surface area contributed by atoms with Crippen LogP contribution in [0.1, 0.15) is 0 Å². The first-order valence-electron chi connectivity index (χ1n) is 2.28. The zero-order valence-electron chi connectivity index (χ0n) is 5.26. The van der Waals surface area contributed by atoms with E-state index in [9.17, 15) is 9.59 Å². The number of carbonyl (C=O) groups is 2. The minimum atomic E-state index is -2.27. The molecule has 0 aliphatic rings. The number of carboxylic acid groups (broad SMARTS) is 2. The Balaban J connectivity index is -0.000000135. The summed E-state index contributed by atoms with van der Waals surface area (Å²) in [6, 6.07) is 0. The van der Waals surface area contributed by atoms with Gasteiger partial charge < -0.3 is 25.9 Å². The predicted molar refractivity (Wildman–Crippen MR) is 45.2 cm³/mol. The van der Waals surface area contributed by atoms with Gasteiger partial charge in [0.05, 0.1) is 0 Å². The number of carboxylic acids is 2. The van der Waals surface area contributed by atoms with E-state index in [4.69, 9.17) is 20.4 Å². The molecular formula is C4H10KNaO7. The molecule has 0 spiro atoms. The molecule has 0 radical (unpaired) electrons. The number of rotatable bonds is 3. The quantitative estimate of drug-likeness (QED) is 0.362. The zero-order chi connectivity index (χ0) is 8.31. The standard InChI is InChI=1S/C4H6O6.K.Na.H2O.2H/c5-1(3(7)8)2(6)4(9)10;;;;;/h1-2,5-6H,(H,7,8)(H,9,10);;;1H2;;. The van der Waals surface area contributed by atoms with E-state index in [0.717, 1.165) is 0 Å². The topological polar surface area (TPSA) is 147 Å². The molecule has 0 fully saturated rings. The molecule has 0 bridgehead atoms. The van der Waals surface area contributed by atoms with Crippen molar-refractivity contribution in [1.82, 2.24) is 0 Å². The number of aliphatic carboxylic acids is 2. The zero-order valence-corrected chi connectivity index (χ0v) is 5.26. The van der Waals surface area contributed by atoms with Gasteiger partial charge in [0.15, 0.2) is 12.2 Å². The van der Waals surface area contributed by atoms with Crippen molar-refractivity contribution in [3.05, 3.63) is 0 Å². The van der Waals surface area contributed by atoms with E-state index < -0.39 is 24.1 Å². The summed E-state index contributed by atoms with van der Waals surface area (Å²) in [4.78, 5) is 19.5. The van der Waals surface area contributed by atoms with Gasteiger partial charge in [-0.2, -0.15) is 0 Å². The molecule has 0 aliphatic heterocycles. The Morgan fingerprint density at radius 3 is 1.15 bits per heavy atom. The summed E-state index contributed by atoms with van der Waals surface area (Å²) in [6.45, 7) is 0. The summed E-state index contributed by atoms with van der Waals surface area (Å²) in [5.41, 5.74) is 0. The molecule has 2 unspecified atom stereocenters. The predicted octanol–water partition coefficient (Wildman–Crippen LogP) is -4.24. The summed E-state index contributed by atoms with van der Waals surface area (Å²) in [6.07, 6.45) is -4.53. The average Bonchev–Trinajstić information content (AvgIpc) is 1.84. The first-order valence-corrected chi connectivity index (χ1v) is 2.28. The van der Waals surface area contributed by atoms with Gasteiger partial charge in [0.1, 0.15) is 0 Å². The van der Waals surface area contributed by atoms with Crippen molar-refractivity contribution in [1.29, 1.82) is 0 Å². The van der Waals surface area contributed by atoms with Crippen LogP contribution >= 0.6 is 0 Å². The van der Waals surface area contributed by atoms with E-state index in [0.29, 0.717) is 0 Å². The van der Waals surface area contributed by atoms with Gasteiger partial charge in [-0.15, -0.1) is 0 Å². The maximum atomic E-state index is 9.77. The van der Waals surface area contributed by atoms with Gasteiger partial charge >= 0.3 is 92.9 Å². The third kappa shape index (κ3) is 9.75. The fourth-order valence-electron chi connectivity index (χ4n) is 0.270. The van der Waals surface area contributed by atoms with Crippen molar-refractivity contribution in [3.8, 4) is 0 Å². The Hall–Kier alpha value is 1.46. The molecule has 0 aromatic carbocycles. The Labute approximate surface area is 138 Å². The van der Waals surface area contributed by atoms with Gasteiger partial charge in [0, 0.05) is 0 Å². The minimum absolute atomic E-state index is 0. The number of hydrogen-bond donors (Lipinski definition) is 4. The second-order valence-corrected chi connectivity index (χ2v) is 1.57. The molecule has 0 saturated carbocycles. The summed E-state index contributed by atoms with van der Waals surface area (Å²) in [7, 11) is 0. The Bertz CT molecular complexity index is 145. The fraction of sp³-hybridized carbons (Fsp3) is 0.500. The van der Waals surface area contributed by atoms with Crippen molar-refractivity contribution in [2.75, 3.05) is 0 Å². The van der Waals surface area contributed by atoms with Crippen molar-refractivity contribution in [3.63, 3.8) is 0 Å². The molecule has 7 nitrogen and oxygen atoms in total. The number of aliphatic hydroxyl groups is 2. The van der Waals surface area contributed by atoms with E-state index in [1.54, 1.807) is 0 Å². The molecular weight excluding hydrogens is 222 g/mol. The van der Waals surface area contributed by atoms with E-state index >= 15 is 0 Å². The molecule has 70 valence electrons. The summed E-state index contributed by atoms with van der Waals surface area (Å²) in [5.74, 6) is -3.54. The van der Waals surface area contributed by atoms with Gasteiger partial charge in [-0.1, -0.05) is 0 Å². The third-order valence-corrected chi connectivity index (χ3v) is 0.805. The first-order chi connectivity index (χ1) is 4.46. The van der Waals surface area contributed by atoms with Crippen LogP contribution in [0.4, 0.5) is 0 Å². The molecule has 0 aromatic rings. The van der Waals surface area contributed by atoms with Crippen LogP contribution in [0, 0.1) is 0 Å². The normalized spacial score (nSPS) is 12.2. The second kappa shape index (κ2) is 11.5. The van der Waals surface area contributed by atoms with Crippen molar-refractivity contribution in [2.45, 2.75) is 12.2 Å². The Morgan fingerprint density at radius 1 is 0.923 bits per heavy atom. The fourth-order valence-corrected chi connectivity index (χ4v) is 0.270. The van der Waals surface area contributed by atoms with Crippen LogP contribution < -0.4 is 0 Å². The summed E-state index contributed by atoms with van der Waals surface area (Å²) in [5, 5.41) is 32.5. The van der Waals surface area contributed by atoms with E-state index in [1.807, 2.05) is 0 Å². The first kappa shape index (κ1) is 23.9. The third-order valence-electron chi connectivity index (χ3n) is 0.805. The van der Waals surface area contributed by atoms with Crippen LogP contribution in [0.25, 0.3) is 0 Å². The molecule has 0 saturated heterocycles. The van der Waals surface area contributed by atoms with Crippen LogP contribution in [0.15, 0.2) is 0 Å². The molecule has 0 amide bonds. The van der Waals surface area contributed by atoms with E-state index in [2.05, 4.69) is 0 Å². The number of hydrogen-bond acceptors (Lipinski definition) is 4. The molecule has 0 heterocycles. The van der Waals surface area contributed by atoms with Crippen LogP contribution in [0.3, 0.4) is 0 Å². The average molecular weight is 232 g/mol. The number of aliphatic hydroxyl groups excluding tert-OH is 2. The van der Waals surface area contributed by atoms with E-state index in [-0.39, 0.29) is 86.4 Å². The molecule has 2 atom stereocenters. The monoisotopic (exact) mass is 232 g/mol. The molecule has 0 aliphatic carbocycles. The Morgan fingerprint density at radius 2 is 1.08 bits per heavy atom. The van der Waals surface area contributed by atoms with Gasteiger partial charge in [-0.25, -0.2) is 9.59 Å². The SMILES string of the molecule is O.O=C(O)C(O)C(O)C(=O)O.[KH].[NaH]. The maximum absolute atomic E-state index is 9.77. The van der Waals surface area contributed by atoms with Gasteiger partial charge in [-0.05, 0) is 0 Å². The van der Waals surface area contributed by atoms with Crippen LogP contribution in [0.5, 0.6) is 0 Å². The van der Waals surface area contributed by atoms with Crippen LogP contribution in [-0.2, 0) is 9.59 Å². The van der Waals surface area contributed by atoms with Crippen molar-refractivity contribution >= 4 is 92.9 Å². The Kier molecular flexibility index (Phi) is 21.2. The van der Waals surface area contributed by atoms with Gasteiger partial charge in [0.25, 0.3) is 0 Å². The summed E-state index contributed by atoms with van der Waals surface area (Å²) < 4.78 is 0. The van der Waals surface area contributed by atoms with Gasteiger partial charge in [-0.3, -0.25) is 0 Å². The summed E-state index contributed by atoms with van der Waals surface area (Å²) >= 11 is 0. The molecule has 6 N–H and O–H groups in total. The van der Waals surface area contributed by atoms with Crippen molar-refractivity contribution in [2.24, 2.45) is 0 Å². The van der Waals surface area contributed by atoms with Gasteiger partial charge in [0.2, 0.25) is 0 Å². The molecule has 0 rings (SSSR count).